The summed E-state index contributed by atoms with van der Waals surface area (Å²) in [6, 6.07) is 1.99. The second-order valence-corrected chi connectivity index (χ2v) is 3.77. The van der Waals surface area contributed by atoms with E-state index in [9.17, 15) is 4.79 Å². The average Bonchev–Trinajstić information content (AvgIpc) is 2.64. The lowest BCUT2D eigenvalue weighted by Gasteiger charge is -2.19. The Morgan fingerprint density at radius 1 is 1.56 bits per heavy atom. The Hall–Kier alpha value is -1.36. The Morgan fingerprint density at radius 3 is 2.81 bits per heavy atom. The summed E-state index contributed by atoms with van der Waals surface area (Å²) in [5.41, 5.74) is 1.17. The fourth-order valence-electron chi connectivity index (χ4n) is 1.60. The van der Waals surface area contributed by atoms with Crippen molar-refractivity contribution in [3.63, 3.8) is 0 Å². The first-order valence-electron chi connectivity index (χ1n) is 5.54. The molecule has 0 unspecified atom stereocenters. The molecule has 0 aliphatic heterocycles. The Bertz CT molecular complexity index is 336. The van der Waals surface area contributed by atoms with Crippen LogP contribution in [0.15, 0.2) is 12.3 Å². The zero-order chi connectivity index (χ0) is 12.0. The van der Waals surface area contributed by atoms with E-state index in [-0.39, 0.29) is 6.42 Å². The van der Waals surface area contributed by atoms with Gasteiger partial charge in [-0.3, -0.25) is 9.48 Å². The highest BCUT2D eigenvalue weighted by Crippen LogP contribution is 2.00. The van der Waals surface area contributed by atoms with E-state index in [1.165, 1.54) is 5.69 Å². The summed E-state index contributed by atoms with van der Waals surface area (Å²) in [5, 5.41) is 12.7. The molecule has 0 fully saturated rings. The van der Waals surface area contributed by atoms with E-state index >= 15 is 0 Å². The van der Waals surface area contributed by atoms with E-state index in [2.05, 4.69) is 10.00 Å². The molecule has 0 aliphatic rings. The minimum atomic E-state index is -0.737. The van der Waals surface area contributed by atoms with Gasteiger partial charge in [0, 0.05) is 38.4 Å². The first-order chi connectivity index (χ1) is 7.63. The third-order valence-electron chi connectivity index (χ3n) is 2.70. The standard InChI is InChI=1S/C11H19N3O2/c1-3-14(9-6-11(15)16)8-5-10-4-7-12-13(10)2/h4,7H,3,5-6,8-9H2,1-2H3,(H,15,16). The van der Waals surface area contributed by atoms with E-state index in [1.807, 2.05) is 24.7 Å². The van der Waals surface area contributed by atoms with E-state index < -0.39 is 5.97 Å². The zero-order valence-corrected chi connectivity index (χ0v) is 9.89. The van der Waals surface area contributed by atoms with Crippen molar-refractivity contribution in [1.82, 2.24) is 14.7 Å². The summed E-state index contributed by atoms with van der Waals surface area (Å²) in [6.45, 7) is 4.42. The van der Waals surface area contributed by atoms with Gasteiger partial charge in [0.15, 0.2) is 0 Å². The van der Waals surface area contributed by atoms with Gasteiger partial charge >= 0.3 is 5.97 Å². The number of aliphatic carboxylic acids is 1. The van der Waals surface area contributed by atoms with Crippen LogP contribution in [0.5, 0.6) is 0 Å². The first kappa shape index (κ1) is 12.7. The predicted octanol–water partition coefficient (Wildman–Crippen LogP) is 0.759. The molecule has 0 atom stereocenters. The van der Waals surface area contributed by atoms with Crippen LogP contribution in [0.25, 0.3) is 0 Å². The molecule has 1 aromatic heterocycles. The molecule has 16 heavy (non-hydrogen) atoms. The Morgan fingerprint density at radius 2 is 2.31 bits per heavy atom. The molecular formula is C11H19N3O2. The maximum absolute atomic E-state index is 10.5. The summed E-state index contributed by atoms with van der Waals surface area (Å²) in [7, 11) is 1.92. The fraction of sp³-hybridized carbons (Fsp3) is 0.636. The van der Waals surface area contributed by atoms with Crippen LogP contribution in [-0.2, 0) is 18.3 Å². The van der Waals surface area contributed by atoms with Crippen LogP contribution in [-0.4, -0.2) is 45.4 Å². The van der Waals surface area contributed by atoms with Crippen LogP contribution in [0, 0.1) is 0 Å². The minimum Gasteiger partial charge on any atom is -0.481 e. The number of hydrogen-bond donors (Lipinski definition) is 1. The monoisotopic (exact) mass is 225 g/mol. The van der Waals surface area contributed by atoms with Crippen molar-refractivity contribution in [1.29, 1.82) is 0 Å². The molecule has 0 amide bonds. The summed E-state index contributed by atoms with van der Waals surface area (Å²) in [6.07, 6.45) is 2.89. The molecular weight excluding hydrogens is 206 g/mol. The maximum Gasteiger partial charge on any atom is 0.304 e. The van der Waals surface area contributed by atoms with Crippen LogP contribution in [0.4, 0.5) is 0 Å². The number of aromatic nitrogens is 2. The summed E-state index contributed by atoms with van der Waals surface area (Å²) < 4.78 is 1.85. The molecule has 0 spiro atoms. The Kier molecular flexibility index (Phi) is 4.98. The highest BCUT2D eigenvalue weighted by molar-refractivity contribution is 5.66. The smallest absolute Gasteiger partial charge is 0.304 e. The molecule has 5 nitrogen and oxygen atoms in total. The lowest BCUT2D eigenvalue weighted by molar-refractivity contribution is -0.137. The summed E-state index contributed by atoms with van der Waals surface area (Å²) in [5.74, 6) is -0.737. The molecule has 0 aromatic carbocycles. The summed E-state index contributed by atoms with van der Waals surface area (Å²) >= 11 is 0. The highest BCUT2D eigenvalue weighted by atomic mass is 16.4. The molecule has 0 saturated carbocycles. The van der Waals surface area contributed by atoms with Gasteiger partial charge in [-0.2, -0.15) is 5.10 Å². The van der Waals surface area contributed by atoms with Crippen molar-refractivity contribution in [2.24, 2.45) is 7.05 Å². The number of likely N-dealkylation sites (N-methyl/N-ethyl adjacent to an activating group) is 1. The number of nitrogens with zero attached hydrogens (tertiary/aromatic N) is 3. The third-order valence-corrected chi connectivity index (χ3v) is 2.70. The van der Waals surface area contributed by atoms with Crippen molar-refractivity contribution < 1.29 is 9.90 Å². The summed E-state index contributed by atoms with van der Waals surface area (Å²) in [4.78, 5) is 12.6. The van der Waals surface area contributed by atoms with Crippen molar-refractivity contribution in [3.05, 3.63) is 18.0 Å². The lowest BCUT2D eigenvalue weighted by Crippen LogP contribution is -2.28. The van der Waals surface area contributed by atoms with Crippen LogP contribution in [0.2, 0.25) is 0 Å². The topological polar surface area (TPSA) is 58.4 Å². The second-order valence-electron chi connectivity index (χ2n) is 3.77. The first-order valence-corrected chi connectivity index (χ1v) is 5.54. The molecule has 5 heteroatoms. The third kappa shape index (κ3) is 4.02. The number of carboxylic acids is 1. The number of carbonyl (C=O) groups is 1. The van der Waals surface area contributed by atoms with Gasteiger partial charge in [0.2, 0.25) is 0 Å². The van der Waals surface area contributed by atoms with Crippen molar-refractivity contribution in [2.45, 2.75) is 19.8 Å². The Labute approximate surface area is 95.7 Å². The van der Waals surface area contributed by atoms with Crippen molar-refractivity contribution in [3.8, 4) is 0 Å². The minimum absolute atomic E-state index is 0.208. The molecule has 1 heterocycles. The van der Waals surface area contributed by atoms with Gasteiger partial charge in [-0.25, -0.2) is 0 Å². The van der Waals surface area contributed by atoms with E-state index in [0.29, 0.717) is 6.54 Å². The van der Waals surface area contributed by atoms with Gasteiger partial charge in [0.1, 0.15) is 0 Å². The Balaban J connectivity index is 2.34. The lowest BCUT2D eigenvalue weighted by atomic mass is 10.2. The molecule has 0 saturated heterocycles. The number of hydrogen-bond acceptors (Lipinski definition) is 3. The zero-order valence-electron chi connectivity index (χ0n) is 9.89. The molecule has 0 radical (unpaired) electrons. The molecule has 1 N–H and O–H groups in total. The quantitative estimate of drug-likeness (QED) is 0.744. The molecule has 1 rings (SSSR count). The van der Waals surface area contributed by atoms with Crippen molar-refractivity contribution in [2.75, 3.05) is 19.6 Å². The molecule has 0 aliphatic carbocycles. The van der Waals surface area contributed by atoms with Crippen LogP contribution < -0.4 is 0 Å². The largest absolute Gasteiger partial charge is 0.481 e. The van der Waals surface area contributed by atoms with E-state index in [1.54, 1.807) is 6.20 Å². The fourth-order valence-corrected chi connectivity index (χ4v) is 1.60. The normalized spacial score (nSPS) is 10.9. The predicted molar refractivity (Wildman–Crippen MR) is 61.3 cm³/mol. The SMILES string of the molecule is CCN(CCC(=O)O)CCc1ccnn1C. The molecule has 1 aromatic rings. The second kappa shape index (κ2) is 6.27. The number of aryl methyl sites for hydroxylation is 1. The van der Waals surface area contributed by atoms with E-state index in [4.69, 9.17) is 5.11 Å². The van der Waals surface area contributed by atoms with Gasteiger partial charge in [-0.05, 0) is 12.6 Å². The van der Waals surface area contributed by atoms with Gasteiger partial charge in [-0.15, -0.1) is 0 Å². The van der Waals surface area contributed by atoms with Crippen LogP contribution in [0.3, 0.4) is 0 Å². The van der Waals surface area contributed by atoms with Gasteiger partial charge in [0.05, 0.1) is 6.42 Å². The molecule has 90 valence electrons. The van der Waals surface area contributed by atoms with Gasteiger partial charge in [-0.1, -0.05) is 6.92 Å². The maximum atomic E-state index is 10.5. The van der Waals surface area contributed by atoms with Gasteiger partial charge in [0.25, 0.3) is 0 Å². The molecule has 0 bridgehead atoms. The number of carboxylic acid groups (broad SMARTS) is 1. The van der Waals surface area contributed by atoms with Crippen LogP contribution >= 0.6 is 0 Å². The van der Waals surface area contributed by atoms with Gasteiger partial charge < -0.3 is 10.0 Å². The van der Waals surface area contributed by atoms with Crippen molar-refractivity contribution >= 4 is 5.97 Å². The van der Waals surface area contributed by atoms with E-state index in [0.717, 1.165) is 19.5 Å². The van der Waals surface area contributed by atoms with Crippen LogP contribution in [0.1, 0.15) is 19.0 Å². The highest BCUT2D eigenvalue weighted by Gasteiger charge is 2.06. The number of rotatable bonds is 7. The average molecular weight is 225 g/mol.